The highest BCUT2D eigenvalue weighted by Crippen LogP contribution is 2.42. The topological polar surface area (TPSA) is 58.6 Å². The molecular formula is C21H23ClN2O3. The SMILES string of the molecule is CCCCOc1ccccc1CN1C(=O)[C@H](NC(C)=O)c2cccc(Cl)c21. The molecular weight excluding hydrogens is 364 g/mol. The summed E-state index contributed by atoms with van der Waals surface area (Å²) >= 11 is 6.40. The Balaban J connectivity index is 1.92. The fourth-order valence-corrected chi connectivity index (χ4v) is 3.50. The second-order valence-corrected chi connectivity index (χ2v) is 6.95. The molecule has 2 aromatic carbocycles. The van der Waals surface area contributed by atoms with Crippen LogP contribution < -0.4 is 15.0 Å². The zero-order chi connectivity index (χ0) is 19.4. The number of benzene rings is 2. The van der Waals surface area contributed by atoms with Gasteiger partial charge in [-0.2, -0.15) is 0 Å². The third kappa shape index (κ3) is 4.08. The predicted molar refractivity (Wildman–Crippen MR) is 106 cm³/mol. The maximum Gasteiger partial charge on any atom is 0.254 e. The Bertz CT molecular complexity index is 853. The lowest BCUT2D eigenvalue weighted by Crippen LogP contribution is -2.36. The molecule has 2 amide bonds. The number of unbranched alkanes of at least 4 members (excludes halogenated alkanes) is 1. The quantitative estimate of drug-likeness (QED) is 0.724. The summed E-state index contributed by atoms with van der Waals surface area (Å²) in [6.07, 6.45) is 2.02. The van der Waals surface area contributed by atoms with Gasteiger partial charge in [0.15, 0.2) is 0 Å². The van der Waals surface area contributed by atoms with Crippen molar-refractivity contribution in [3.05, 3.63) is 58.6 Å². The van der Waals surface area contributed by atoms with E-state index in [9.17, 15) is 9.59 Å². The molecule has 1 heterocycles. The lowest BCUT2D eigenvalue weighted by atomic mass is 10.1. The first-order chi connectivity index (χ1) is 13.0. The van der Waals surface area contributed by atoms with Gasteiger partial charge in [0.05, 0.1) is 23.9 Å². The van der Waals surface area contributed by atoms with E-state index >= 15 is 0 Å². The average Bonchev–Trinajstić information content (AvgIpc) is 2.90. The maximum absolute atomic E-state index is 13.0. The molecule has 0 aliphatic carbocycles. The summed E-state index contributed by atoms with van der Waals surface area (Å²) < 4.78 is 5.89. The highest BCUT2D eigenvalue weighted by atomic mass is 35.5. The molecule has 2 aromatic rings. The molecule has 0 bridgehead atoms. The number of halogens is 1. The minimum Gasteiger partial charge on any atom is -0.493 e. The Kier molecular flexibility index (Phi) is 6.01. The average molecular weight is 387 g/mol. The molecule has 0 unspecified atom stereocenters. The Morgan fingerprint density at radius 2 is 2.00 bits per heavy atom. The second kappa shape index (κ2) is 8.44. The van der Waals surface area contributed by atoms with Crippen LogP contribution in [0.5, 0.6) is 5.75 Å². The summed E-state index contributed by atoms with van der Waals surface area (Å²) in [6.45, 7) is 4.47. The fourth-order valence-electron chi connectivity index (χ4n) is 3.22. The number of para-hydroxylation sites is 2. The van der Waals surface area contributed by atoms with Gasteiger partial charge in [-0.1, -0.05) is 55.3 Å². The number of ether oxygens (including phenoxy) is 1. The first kappa shape index (κ1) is 19.2. The van der Waals surface area contributed by atoms with Gasteiger partial charge in [-0.25, -0.2) is 0 Å². The Hall–Kier alpha value is -2.53. The zero-order valence-electron chi connectivity index (χ0n) is 15.5. The molecule has 0 radical (unpaired) electrons. The molecule has 0 fully saturated rings. The van der Waals surface area contributed by atoms with Crippen molar-refractivity contribution < 1.29 is 14.3 Å². The van der Waals surface area contributed by atoms with Crippen LogP contribution in [0.1, 0.15) is 43.9 Å². The van der Waals surface area contributed by atoms with E-state index in [0.29, 0.717) is 29.4 Å². The number of carbonyl (C=O) groups is 2. The smallest absolute Gasteiger partial charge is 0.254 e. The maximum atomic E-state index is 13.0. The first-order valence-corrected chi connectivity index (χ1v) is 9.48. The second-order valence-electron chi connectivity index (χ2n) is 6.55. The van der Waals surface area contributed by atoms with Crippen LogP contribution in [0.2, 0.25) is 5.02 Å². The van der Waals surface area contributed by atoms with E-state index in [2.05, 4.69) is 12.2 Å². The number of rotatable bonds is 7. The number of carbonyl (C=O) groups excluding carboxylic acids is 2. The summed E-state index contributed by atoms with van der Waals surface area (Å²) in [4.78, 5) is 26.2. The van der Waals surface area contributed by atoms with E-state index in [4.69, 9.17) is 16.3 Å². The largest absolute Gasteiger partial charge is 0.493 e. The lowest BCUT2D eigenvalue weighted by molar-refractivity contribution is -0.126. The summed E-state index contributed by atoms with van der Waals surface area (Å²) in [5.41, 5.74) is 2.26. The highest BCUT2D eigenvalue weighted by molar-refractivity contribution is 6.34. The predicted octanol–water partition coefficient (Wildman–Crippen LogP) is 4.24. The number of anilines is 1. The van der Waals surface area contributed by atoms with Crippen LogP contribution >= 0.6 is 11.6 Å². The molecule has 1 aliphatic rings. The molecule has 0 saturated carbocycles. The van der Waals surface area contributed by atoms with Crippen molar-refractivity contribution in [1.29, 1.82) is 0 Å². The number of fused-ring (bicyclic) bond motifs is 1. The van der Waals surface area contributed by atoms with Crippen LogP contribution in [0.4, 0.5) is 5.69 Å². The van der Waals surface area contributed by atoms with Crippen molar-refractivity contribution in [3.8, 4) is 5.75 Å². The van der Waals surface area contributed by atoms with E-state index in [1.165, 1.54) is 6.92 Å². The summed E-state index contributed by atoms with van der Waals surface area (Å²) in [7, 11) is 0. The minimum atomic E-state index is -0.718. The third-order valence-electron chi connectivity index (χ3n) is 4.52. The van der Waals surface area contributed by atoms with Crippen LogP contribution in [0, 0.1) is 0 Å². The number of nitrogens with one attached hydrogen (secondary N) is 1. The zero-order valence-corrected chi connectivity index (χ0v) is 16.3. The van der Waals surface area contributed by atoms with Gasteiger partial charge in [-0.15, -0.1) is 0 Å². The van der Waals surface area contributed by atoms with Crippen molar-refractivity contribution in [2.24, 2.45) is 0 Å². The van der Waals surface area contributed by atoms with Crippen LogP contribution in [-0.2, 0) is 16.1 Å². The highest BCUT2D eigenvalue weighted by Gasteiger charge is 2.39. The molecule has 5 nitrogen and oxygen atoms in total. The van der Waals surface area contributed by atoms with Gasteiger partial charge in [-0.05, 0) is 18.6 Å². The van der Waals surface area contributed by atoms with Gasteiger partial charge in [0.1, 0.15) is 11.8 Å². The van der Waals surface area contributed by atoms with Gasteiger partial charge in [0.2, 0.25) is 5.91 Å². The third-order valence-corrected chi connectivity index (χ3v) is 4.82. The van der Waals surface area contributed by atoms with Crippen molar-refractivity contribution in [1.82, 2.24) is 5.32 Å². The van der Waals surface area contributed by atoms with Gasteiger partial charge >= 0.3 is 0 Å². The molecule has 0 spiro atoms. The summed E-state index contributed by atoms with van der Waals surface area (Å²) in [5.74, 6) is 0.302. The first-order valence-electron chi connectivity index (χ1n) is 9.10. The van der Waals surface area contributed by atoms with Crippen molar-refractivity contribution in [2.45, 2.75) is 39.3 Å². The molecule has 3 rings (SSSR count). The summed E-state index contributed by atoms with van der Waals surface area (Å²) in [5, 5.41) is 3.21. The molecule has 1 aliphatic heterocycles. The fraction of sp³-hybridized carbons (Fsp3) is 0.333. The van der Waals surface area contributed by atoms with Crippen LogP contribution in [0.3, 0.4) is 0 Å². The molecule has 6 heteroatoms. The number of amides is 2. The normalized spacial score (nSPS) is 15.6. The van der Waals surface area contributed by atoms with Gasteiger partial charge in [0.25, 0.3) is 5.91 Å². The van der Waals surface area contributed by atoms with Gasteiger partial charge in [0, 0.05) is 18.1 Å². The monoisotopic (exact) mass is 386 g/mol. The number of nitrogens with zero attached hydrogens (tertiary/aromatic N) is 1. The molecule has 0 aromatic heterocycles. The van der Waals surface area contributed by atoms with Crippen LogP contribution in [-0.4, -0.2) is 18.4 Å². The standard InChI is InChI=1S/C21H23ClN2O3/c1-3-4-12-27-18-11-6-5-8-15(18)13-24-20-16(9-7-10-17(20)22)19(21(24)26)23-14(2)25/h5-11,19H,3-4,12-13H2,1-2H3,(H,23,25)/t19-/m1/s1. The molecule has 1 atom stereocenters. The van der Waals surface area contributed by atoms with Crippen molar-refractivity contribution >= 4 is 29.1 Å². The number of hydrogen-bond donors (Lipinski definition) is 1. The van der Waals surface area contributed by atoms with Crippen molar-refractivity contribution in [3.63, 3.8) is 0 Å². The van der Waals surface area contributed by atoms with Crippen LogP contribution in [0.15, 0.2) is 42.5 Å². The van der Waals surface area contributed by atoms with Gasteiger partial charge < -0.3 is 15.0 Å². The number of hydrogen-bond acceptors (Lipinski definition) is 3. The van der Waals surface area contributed by atoms with E-state index in [0.717, 1.165) is 24.2 Å². The minimum absolute atomic E-state index is 0.198. The van der Waals surface area contributed by atoms with Gasteiger partial charge in [-0.3, -0.25) is 9.59 Å². The molecule has 0 saturated heterocycles. The van der Waals surface area contributed by atoms with E-state index in [1.807, 2.05) is 30.3 Å². The van der Waals surface area contributed by atoms with E-state index in [-0.39, 0.29) is 11.8 Å². The molecule has 1 N–H and O–H groups in total. The van der Waals surface area contributed by atoms with Crippen LogP contribution in [0.25, 0.3) is 0 Å². The molecule has 142 valence electrons. The Morgan fingerprint density at radius 1 is 1.22 bits per heavy atom. The molecule has 27 heavy (non-hydrogen) atoms. The van der Waals surface area contributed by atoms with Crippen molar-refractivity contribution in [2.75, 3.05) is 11.5 Å². The Labute approximate surface area is 164 Å². The van der Waals surface area contributed by atoms with E-state index in [1.54, 1.807) is 17.0 Å². The Morgan fingerprint density at radius 3 is 2.74 bits per heavy atom. The summed E-state index contributed by atoms with van der Waals surface area (Å²) in [6, 6.07) is 12.3. The van der Waals surface area contributed by atoms with E-state index < -0.39 is 6.04 Å². The lowest BCUT2D eigenvalue weighted by Gasteiger charge is -2.21.